The quantitative estimate of drug-likeness (QED) is 0.674. The Morgan fingerprint density at radius 1 is 1.33 bits per heavy atom. The zero-order valence-electron chi connectivity index (χ0n) is 10.1. The minimum absolute atomic E-state index is 0.227. The first-order valence-corrected chi connectivity index (χ1v) is 5.59. The normalized spacial score (nSPS) is 17.7. The lowest BCUT2D eigenvalue weighted by atomic mass is 9.90. The van der Waals surface area contributed by atoms with Crippen LogP contribution in [0.25, 0.3) is 0 Å². The second-order valence-electron chi connectivity index (χ2n) is 4.32. The minimum atomic E-state index is -1.14. The molecule has 1 aromatic rings. The van der Waals surface area contributed by atoms with E-state index >= 15 is 0 Å². The van der Waals surface area contributed by atoms with E-state index in [1.54, 1.807) is 36.4 Å². The number of carbonyl (C=O) groups is 1. The molecule has 2 rings (SSSR count). The Kier molecular flexibility index (Phi) is 3.40. The Morgan fingerprint density at radius 3 is 2.39 bits per heavy atom. The van der Waals surface area contributed by atoms with Crippen molar-refractivity contribution in [3.63, 3.8) is 0 Å². The van der Waals surface area contributed by atoms with Crippen LogP contribution in [0.3, 0.4) is 0 Å². The van der Waals surface area contributed by atoms with Crippen LogP contribution in [0.15, 0.2) is 24.3 Å². The van der Waals surface area contributed by atoms with Gasteiger partial charge in [0, 0.05) is 0 Å². The standard InChI is InChI=1S/C12H16N2O4/c1-18-10-4-2-9(3-5-10)14-6-12(7-15,8-16)11(17)13-14/h2-5,15-16H,6-8H2,1H3,(H,13,17). The van der Waals surface area contributed by atoms with Gasteiger partial charge in [-0.15, -0.1) is 0 Å². The van der Waals surface area contributed by atoms with Gasteiger partial charge in [0.1, 0.15) is 11.2 Å². The molecule has 0 aliphatic carbocycles. The molecule has 1 aliphatic heterocycles. The molecule has 1 fully saturated rings. The lowest BCUT2D eigenvalue weighted by Crippen LogP contribution is -2.39. The highest BCUT2D eigenvalue weighted by Gasteiger charge is 2.45. The topological polar surface area (TPSA) is 82.0 Å². The highest BCUT2D eigenvalue weighted by Crippen LogP contribution is 2.28. The summed E-state index contributed by atoms with van der Waals surface area (Å²) < 4.78 is 5.05. The van der Waals surface area contributed by atoms with E-state index in [4.69, 9.17) is 4.74 Å². The van der Waals surface area contributed by atoms with E-state index in [2.05, 4.69) is 5.43 Å². The number of aliphatic hydroxyl groups is 2. The van der Waals surface area contributed by atoms with E-state index in [-0.39, 0.29) is 25.7 Å². The van der Waals surface area contributed by atoms with Gasteiger partial charge in [-0.05, 0) is 24.3 Å². The van der Waals surface area contributed by atoms with Gasteiger partial charge in [-0.1, -0.05) is 0 Å². The van der Waals surface area contributed by atoms with Crippen LogP contribution in [-0.2, 0) is 4.79 Å². The molecule has 0 bridgehead atoms. The van der Waals surface area contributed by atoms with Crippen molar-refractivity contribution in [2.45, 2.75) is 0 Å². The number of hydrogen-bond donors (Lipinski definition) is 3. The molecule has 0 spiro atoms. The number of nitrogens with one attached hydrogen (secondary N) is 1. The number of methoxy groups -OCH3 is 1. The monoisotopic (exact) mass is 252 g/mol. The lowest BCUT2D eigenvalue weighted by molar-refractivity contribution is -0.131. The third-order valence-corrected chi connectivity index (χ3v) is 3.17. The molecule has 0 radical (unpaired) electrons. The van der Waals surface area contributed by atoms with E-state index in [1.807, 2.05) is 0 Å². The third-order valence-electron chi connectivity index (χ3n) is 3.17. The van der Waals surface area contributed by atoms with Crippen LogP contribution in [0.4, 0.5) is 5.69 Å². The summed E-state index contributed by atoms with van der Waals surface area (Å²) in [4.78, 5) is 11.8. The molecule has 6 nitrogen and oxygen atoms in total. The van der Waals surface area contributed by atoms with E-state index in [0.29, 0.717) is 0 Å². The number of benzene rings is 1. The zero-order valence-corrected chi connectivity index (χ0v) is 10.1. The number of hydrazine groups is 1. The summed E-state index contributed by atoms with van der Waals surface area (Å²) in [6.45, 7) is -0.546. The summed E-state index contributed by atoms with van der Waals surface area (Å²) in [7, 11) is 1.58. The first-order valence-electron chi connectivity index (χ1n) is 5.59. The number of rotatable bonds is 4. The maximum atomic E-state index is 11.8. The van der Waals surface area contributed by atoms with E-state index in [9.17, 15) is 15.0 Å². The van der Waals surface area contributed by atoms with Crippen LogP contribution in [-0.4, -0.2) is 43.0 Å². The molecule has 0 saturated carbocycles. The molecule has 6 heteroatoms. The molecular weight excluding hydrogens is 236 g/mol. The molecule has 1 aromatic carbocycles. The summed E-state index contributed by atoms with van der Waals surface area (Å²) >= 11 is 0. The molecule has 18 heavy (non-hydrogen) atoms. The van der Waals surface area contributed by atoms with Gasteiger partial charge in [-0.2, -0.15) is 0 Å². The number of anilines is 1. The molecule has 3 N–H and O–H groups in total. The van der Waals surface area contributed by atoms with Crippen LogP contribution in [0.1, 0.15) is 0 Å². The van der Waals surface area contributed by atoms with Gasteiger partial charge in [0.15, 0.2) is 0 Å². The summed E-state index contributed by atoms with van der Waals surface area (Å²) in [5, 5.41) is 20.1. The number of ether oxygens (including phenoxy) is 1. The SMILES string of the molecule is COc1ccc(N2CC(CO)(CO)C(=O)N2)cc1. The number of aliphatic hydroxyl groups excluding tert-OH is 2. The van der Waals surface area contributed by atoms with Gasteiger partial charge in [-0.25, -0.2) is 0 Å². The van der Waals surface area contributed by atoms with Crippen molar-refractivity contribution in [3.8, 4) is 5.75 Å². The minimum Gasteiger partial charge on any atom is -0.497 e. The van der Waals surface area contributed by atoms with Gasteiger partial charge in [0.05, 0.1) is 32.6 Å². The molecule has 1 heterocycles. The maximum Gasteiger partial charge on any atom is 0.251 e. The number of amides is 1. The molecule has 1 saturated heterocycles. The maximum absolute atomic E-state index is 11.8. The predicted octanol–water partition coefficient (Wildman–Crippen LogP) is -0.483. The summed E-state index contributed by atoms with van der Waals surface area (Å²) in [5.41, 5.74) is 2.27. The molecule has 0 aromatic heterocycles. The highest BCUT2D eigenvalue weighted by atomic mass is 16.5. The Hall–Kier alpha value is -1.79. The van der Waals surface area contributed by atoms with Crippen molar-refractivity contribution >= 4 is 11.6 Å². The first-order chi connectivity index (χ1) is 8.65. The van der Waals surface area contributed by atoms with Crippen molar-refractivity contribution in [1.82, 2.24) is 5.43 Å². The van der Waals surface area contributed by atoms with Crippen LogP contribution in [0.5, 0.6) is 5.75 Å². The van der Waals surface area contributed by atoms with Crippen LogP contribution >= 0.6 is 0 Å². The van der Waals surface area contributed by atoms with Crippen molar-refractivity contribution in [1.29, 1.82) is 0 Å². The van der Waals surface area contributed by atoms with Gasteiger partial charge in [0.25, 0.3) is 5.91 Å². The van der Waals surface area contributed by atoms with Gasteiger partial charge in [-0.3, -0.25) is 15.2 Å². The molecular formula is C12H16N2O4. The molecule has 1 aliphatic rings. The average molecular weight is 252 g/mol. The Morgan fingerprint density at radius 2 is 1.94 bits per heavy atom. The fourth-order valence-electron chi connectivity index (χ4n) is 1.87. The Balaban J connectivity index is 2.18. The number of carbonyl (C=O) groups excluding carboxylic acids is 1. The van der Waals surface area contributed by atoms with Gasteiger partial charge in [0.2, 0.25) is 0 Å². The molecule has 98 valence electrons. The van der Waals surface area contributed by atoms with Crippen LogP contribution < -0.4 is 15.2 Å². The average Bonchev–Trinajstić information content (AvgIpc) is 2.76. The van der Waals surface area contributed by atoms with E-state index in [1.165, 1.54) is 0 Å². The zero-order chi connectivity index (χ0) is 13.2. The van der Waals surface area contributed by atoms with Crippen molar-refractivity contribution in [3.05, 3.63) is 24.3 Å². The Labute approximate surface area is 105 Å². The first kappa shape index (κ1) is 12.7. The smallest absolute Gasteiger partial charge is 0.251 e. The van der Waals surface area contributed by atoms with Crippen molar-refractivity contribution in [2.75, 3.05) is 31.9 Å². The second-order valence-corrected chi connectivity index (χ2v) is 4.32. The Bertz CT molecular complexity index is 428. The van der Waals surface area contributed by atoms with Gasteiger partial charge < -0.3 is 14.9 Å². The highest BCUT2D eigenvalue weighted by molar-refractivity contribution is 5.88. The lowest BCUT2D eigenvalue weighted by Gasteiger charge is -2.21. The van der Waals surface area contributed by atoms with Crippen molar-refractivity contribution in [2.24, 2.45) is 5.41 Å². The number of hydrogen-bond acceptors (Lipinski definition) is 5. The summed E-state index contributed by atoms with van der Waals surface area (Å²) in [6.07, 6.45) is 0. The summed E-state index contributed by atoms with van der Waals surface area (Å²) in [6, 6.07) is 7.15. The van der Waals surface area contributed by atoms with Crippen LogP contribution in [0.2, 0.25) is 0 Å². The second kappa shape index (κ2) is 4.83. The largest absolute Gasteiger partial charge is 0.497 e. The summed E-state index contributed by atoms with van der Waals surface area (Å²) in [5.74, 6) is 0.350. The molecule has 0 unspecified atom stereocenters. The van der Waals surface area contributed by atoms with Crippen LogP contribution in [0, 0.1) is 5.41 Å². The fraction of sp³-hybridized carbons (Fsp3) is 0.417. The van der Waals surface area contributed by atoms with Gasteiger partial charge >= 0.3 is 0 Å². The fourth-order valence-corrected chi connectivity index (χ4v) is 1.87. The predicted molar refractivity (Wildman–Crippen MR) is 65.1 cm³/mol. The molecule has 0 atom stereocenters. The van der Waals surface area contributed by atoms with E-state index in [0.717, 1.165) is 11.4 Å². The van der Waals surface area contributed by atoms with Crippen molar-refractivity contribution < 1.29 is 19.7 Å². The third kappa shape index (κ3) is 2.00. The molecule has 1 amide bonds. The van der Waals surface area contributed by atoms with E-state index < -0.39 is 5.41 Å². The number of nitrogens with zero attached hydrogens (tertiary/aromatic N) is 1.